The zero-order valence-electron chi connectivity index (χ0n) is 7.87. The Hall–Kier alpha value is -0.640. The third-order valence-electron chi connectivity index (χ3n) is 2.57. The van der Waals surface area contributed by atoms with Crippen LogP contribution in [0, 0.1) is 5.92 Å². The van der Waals surface area contributed by atoms with Gasteiger partial charge < -0.3 is 10.0 Å². The summed E-state index contributed by atoms with van der Waals surface area (Å²) in [5.41, 5.74) is 0. The SMILES string of the molecule is CN1CC[C@@H](F)[C@@H](CCC(=O)O)C1. The van der Waals surface area contributed by atoms with E-state index in [0.717, 1.165) is 6.54 Å². The summed E-state index contributed by atoms with van der Waals surface area (Å²) < 4.78 is 13.3. The van der Waals surface area contributed by atoms with Gasteiger partial charge in [0, 0.05) is 25.4 Å². The van der Waals surface area contributed by atoms with Crippen molar-refractivity contribution in [1.29, 1.82) is 0 Å². The molecule has 13 heavy (non-hydrogen) atoms. The maximum Gasteiger partial charge on any atom is 0.303 e. The van der Waals surface area contributed by atoms with Gasteiger partial charge in [-0.1, -0.05) is 0 Å². The molecule has 0 amide bonds. The Balaban J connectivity index is 2.33. The molecule has 0 spiro atoms. The molecule has 1 aliphatic heterocycles. The molecule has 1 fully saturated rings. The number of alkyl halides is 1. The molecule has 1 saturated heterocycles. The highest BCUT2D eigenvalue weighted by molar-refractivity contribution is 5.66. The Kier molecular flexibility index (Phi) is 3.66. The number of rotatable bonds is 3. The minimum atomic E-state index is -0.833. The summed E-state index contributed by atoms with van der Waals surface area (Å²) in [4.78, 5) is 12.4. The Morgan fingerprint density at radius 2 is 2.38 bits per heavy atom. The minimum Gasteiger partial charge on any atom is -0.481 e. The van der Waals surface area contributed by atoms with Crippen LogP contribution in [-0.2, 0) is 4.79 Å². The van der Waals surface area contributed by atoms with Crippen molar-refractivity contribution in [1.82, 2.24) is 4.90 Å². The highest BCUT2D eigenvalue weighted by Gasteiger charge is 2.27. The van der Waals surface area contributed by atoms with Crippen LogP contribution in [0.3, 0.4) is 0 Å². The molecule has 4 heteroatoms. The number of hydrogen-bond acceptors (Lipinski definition) is 2. The number of aliphatic carboxylic acids is 1. The molecule has 0 bridgehead atoms. The van der Waals surface area contributed by atoms with E-state index in [4.69, 9.17) is 5.11 Å². The Morgan fingerprint density at radius 3 is 3.00 bits per heavy atom. The van der Waals surface area contributed by atoms with Gasteiger partial charge in [0.2, 0.25) is 0 Å². The number of hydrogen-bond donors (Lipinski definition) is 1. The summed E-state index contributed by atoms with van der Waals surface area (Å²) in [5, 5.41) is 8.46. The number of likely N-dealkylation sites (tertiary alicyclic amines) is 1. The lowest BCUT2D eigenvalue weighted by molar-refractivity contribution is -0.137. The van der Waals surface area contributed by atoms with Crippen LogP contribution in [0.15, 0.2) is 0 Å². The number of halogens is 1. The molecule has 2 atom stereocenters. The quantitative estimate of drug-likeness (QED) is 0.723. The summed E-state index contributed by atoms with van der Waals surface area (Å²) in [6, 6.07) is 0. The van der Waals surface area contributed by atoms with Crippen LogP contribution in [-0.4, -0.2) is 42.3 Å². The van der Waals surface area contributed by atoms with Crippen LogP contribution in [0.1, 0.15) is 19.3 Å². The molecule has 0 aliphatic carbocycles. The van der Waals surface area contributed by atoms with Crippen molar-refractivity contribution in [3.05, 3.63) is 0 Å². The van der Waals surface area contributed by atoms with E-state index in [1.165, 1.54) is 0 Å². The van der Waals surface area contributed by atoms with E-state index >= 15 is 0 Å². The molecule has 0 radical (unpaired) electrons. The van der Waals surface area contributed by atoms with E-state index in [2.05, 4.69) is 4.90 Å². The lowest BCUT2D eigenvalue weighted by Gasteiger charge is -2.32. The number of carboxylic acid groups (broad SMARTS) is 1. The Morgan fingerprint density at radius 1 is 1.69 bits per heavy atom. The first-order chi connectivity index (χ1) is 6.09. The molecule has 0 aromatic rings. The summed E-state index contributed by atoms with van der Waals surface area (Å²) in [7, 11) is 1.94. The molecule has 0 aromatic carbocycles. The molecular formula is C9H16FNO2. The van der Waals surface area contributed by atoms with Gasteiger partial charge in [-0.3, -0.25) is 4.79 Å². The van der Waals surface area contributed by atoms with Gasteiger partial charge in [0.25, 0.3) is 0 Å². The molecule has 1 rings (SSSR count). The Labute approximate surface area is 77.5 Å². The smallest absolute Gasteiger partial charge is 0.303 e. The van der Waals surface area contributed by atoms with E-state index in [1.54, 1.807) is 0 Å². The topological polar surface area (TPSA) is 40.5 Å². The van der Waals surface area contributed by atoms with Crippen LogP contribution in [0.4, 0.5) is 4.39 Å². The standard InChI is InChI=1S/C9H16FNO2/c1-11-5-4-8(10)7(6-11)2-3-9(12)13/h7-8H,2-6H2,1H3,(H,12,13)/t7-,8+/m0/s1. The average molecular weight is 189 g/mol. The van der Waals surface area contributed by atoms with Gasteiger partial charge in [-0.05, 0) is 19.9 Å². The largest absolute Gasteiger partial charge is 0.481 e. The lowest BCUT2D eigenvalue weighted by atomic mass is 9.92. The van der Waals surface area contributed by atoms with Gasteiger partial charge in [0.05, 0.1) is 0 Å². The monoisotopic (exact) mass is 189 g/mol. The summed E-state index contributed by atoms with van der Waals surface area (Å²) in [5.74, 6) is -0.921. The van der Waals surface area contributed by atoms with E-state index in [-0.39, 0.29) is 12.3 Å². The van der Waals surface area contributed by atoms with Crippen molar-refractivity contribution in [2.45, 2.75) is 25.4 Å². The second-order valence-corrected chi connectivity index (χ2v) is 3.76. The van der Waals surface area contributed by atoms with Gasteiger partial charge in [0.1, 0.15) is 6.17 Å². The summed E-state index contributed by atoms with van der Waals surface area (Å²) in [6.07, 6.45) is 0.274. The fraction of sp³-hybridized carbons (Fsp3) is 0.889. The molecule has 0 saturated carbocycles. The first kappa shape index (κ1) is 10.4. The van der Waals surface area contributed by atoms with Gasteiger partial charge in [-0.25, -0.2) is 4.39 Å². The van der Waals surface area contributed by atoms with Crippen LogP contribution in [0.2, 0.25) is 0 Å². The van der Waals surface area contributed by atoms with Gasteiger partial charge in [0.15, 0.2) is 0 Å². The molecule has 1 heterocycles. The van der Waals surface area contributed by atoms with Crippen LogP contribution >= 0.6 is 0 Å². The van der Waals surface area contributed by atoms with Gasteiger partial charge in [-0.15, -0.1) is 0 Å². The van der Waals surface area contributed by atoms with Gasteiger partial charge in [-0.2, -0.15) is 0 Å². The zero-order chi connectivity index (χ0) is 9.84. The maximum absolute atomic E-state index is 13.3. The number of carboxylic acids is 1. The van der Waals surface area contributed by atoms with Crippen molar-refractivity contribution >= 4 is 5.97 Å². The van der Waals surface area contributed by atoms with E-state index in [9.17, 15) is 9.18 Å². The molecule has 1 N–H and O–H groups in total. The zero-order valence-corrected chi connectivity index (χ0v) is 7.87. The molecule has 1 aliphatic rings. The van der Waals surface area contributed by atoms with Crippen LogP contribution in [0.5, 0.6) is 0 Å². The maximum atomic E-state index is 13.3. The minimum absolute atomic E-state index is 0.0823. The van der Waals surface area contributed by atoms with E-state index < -0.39 is 12.1 Å². The molecule has 3 nitrogen and oxygen atoms in total. The average Bonchev–Trinajstić information content (AvgIpc) is 2.06. The van der Waals surface area contributed by atoms with Gasteiger partial charge >= 0.3 is 5.97 Å². The first-order valence-electron chi connectivity index (χ1n) is 4.64. The summed E-state index contributed by atoms with van der Waals surface area (Å²) in [6.45, 7) is 1.47. The van der Waals surface area contributed by atoms with Crippen molar-refractivity contribution in [3.63, 3.8) is 0 Å². The van der Waals surface area contributed by atoms with Crippen LogP contribution in [0.25, 0.3) is 0 Å². The predicted molar refractivity (Wildman–Crippen MR) is 47.4 cm³/mol. The van der Waals surface area contributed by atoms with E-state index in [0.29, 0.717) is 19.4 Å². The predicted octanol–water partition coefficient (Wildman–Crippen LogP) is 1.14. The second kappa shape index (κ2) is 4.56. The molecule has 76 valence electrons. The highest BCUT2D eigenvalue weighted by atomic mass is 19.1. The Bertz CT molecular complexity index is 186. The molecule has 0 unspecified atom stereocenters. The van der Waals surface area contributed by atoms with Crippen molar-refractivity contribution in [3.8, 4) is 0 Å². The third-order valence-corrected chi connectivity index (χ3v) is 2.57. The van der Waals surface area contributed by atoms with E-state index in [1.807, 2.05) is 7.05 Å². The fourth-order valence-electron chi connectivity index (χ4n) is 1.77. The van der Waals surface area contributed by atoms with Crippen molar-refractivity contribution < 1.29 is 14.3 Å². The number of nitrogens with zero attached hydrogens (tertiary/aromatic N) is 1. The third kappa shape index (κ3) is 3.30. The van der Waals surface area contributed by atoms with Crippen molar-refractivity contribution in [2.24, 2.45) is 5.92 Å². The van der Waals surface area contributed by atoms with Crippen LogP contribution < -0.4 is 0 Å². The first-order valence-corrected chi connectivity index (χ1v) is 4.64. The summed E-state index contributed by atoms with van der Waals surface area (Å²) >= 11 is 0. The number of piperidine rings is 1. The number of carbonyl (C=O) groups is 1. The second-order valence-electron chi connectivity index (χ2n) is 3.76. The normalized spacial score (nSPS) is 30.3. The molecule has 0 aromatic heterocycles. The fourth-order valence-corrected chi connectivity index (χ4v) is 1.77. The van der Waals surface area contributed by atoms with Crippen molar-refractivity contribution in [2.75, 3.05) is 20.1 Å². The lowest BCUT2D eigenvalue weighted by Crippen LogP contribution is -2.39. The molecular weight excluding hydrogens is 173 g/mol. The highest BCUT2D eigenvalue weighted by Crippen LogP contribution is 2.23.